The van der Waals surface area contributed by atoms with E-state index >= 15 is 0 Å². The van der Waals surface area contributed by atoms with Gasteiger partial charge in [-0.3, -0.25) is 0 Å². The van der Waals surface area contributed by atoms with Crippen LogP contribution < -0.4 is 5.73 Å². The molecule has 6 nitrogen and oxygen atoms in total. The molecule has 0 aromatic heterocycles. The van der Waals surface area contributed by atoms with Crippen LogP contribution in [-0.4, -0.2) is 18.7 Å². The van der Waals surface area contributed by atoms with Crippen molar-refractivity contribution in [1.29, 1.82) is 0 Å². The standard InChI is InChI=1S/C7H12N4O2/c8-7(12)13-6-2-1-5(3-6)4-10-11-9/h5-6H,1-4H2,(H2,8,12). The van der Waals surface area contributed by atoms with E-state index in [-0.39, 0.29) is 6.10 Å². The third kappa shape index (κ3) is 3.21. The molecular weight excluding hydrogens is 172 g/mol. The zero-order valence-electron chi connectivity index (χ0n) is 7.22. The predicted octanol–water partition coefficient (Wildman–Crippen LogP) is 1.56. The number of hydrogen-bond acceptors (Lipinski definition) is 3. The van der Waals surface area contributed by atoms with Crippen LogP contribution >= 0.6 is 0 Å². The predicted molar refractivity (Wildman–Crippen MR) is 45.8 cm³/mol. The van der Waals surface area contributed by atoms with Gasteiger partial charge >= 0.3 is 6.09 Å². The van der Waals surface area contributed by atoms with E-state index < -0.39 is 6.09 Å². The molecule has 1 fully saturated rings. The number of nitrogens with zero attached hydrogens (tertiary/aromatic N) is 3. The highest BCUT2D eigenvalue weighted by molar-refractivity contribution is 5.64. The van der Waals surface area contributed by atoms with Gasteiger partial charge in [-0.25, -0.2) is 4.79 Å². The first-order valence-corrected chi connectivity index (χ1v) is 4.19. The second-order valence-corrected chi connectivity index (χ2v) is 3.15. The highest BCUT2D eigenvalue weighted by Gasteiger charge is 2.26. The van der Waals surface area contributed by atoms with Crippen molar-refractivity contribution in [2.75, 3.05) is 6.54 Å². The molecule has 0 aromatic carbocycles. The molecule has 1 aliphatic rings. The van der Waals surface area contributed by atoms with Crippen LogP contribution in [0, 0.1) is 5.92 Å². The fraction of sp³-hybridized carbons (Fsp3) is 0.857. The molecule has 2 atom stereocenters. The Morgan fingerprint density at radius 1 is 1.69 bits per heavy atom. The maximum absolute atomic E-state index is 10.4. The number of carbonyl (C=O) groups is 1. The number of hydrogen-bond donors (Lipinski definition) is 1. The van der Waals surface area contributed by atoms with E-state index in [2.05, 4.69) is 10.0 Å². The third-order valence-electron chi connectivity index (χ3n) is 2.18. The van der Waals surface area contributed by atoms with E-state index in [1.54, 1.807) is 0 Å². The largest absolute Gasteiger partial charge is 0.446 e. The van der Waals surface area contributed by atoms with Crippen molar-refractivity contribution in [2.24, 2.45) is 16.8 Å². The van der Waals surface area contributed by atoms with Gasteiger partial charge in [0.1, 0.15) is 6.10 Å². The first kappa shape index (κ1) is 9.67. The second-order valence-electron chi connectivity index (χ2n) is 3.15. The summed E-state index contributed by atoms with van der Waals surface area (Å²) in [6, 6.07) is 0. The number of ether oxygens (including phenoxy) is 1. The Morgan fingerprint density at radius 3 is 3.08 bits per heavy atom. The van der Waals surface area contributed by atoms with Gasteiger partial charge in [-0.1, -0.05) is 5.11 Å². The summed E-state index contributed by atoms with van der Waals surface area (Å²) in [6.45, 7) is 0.481. The maximum atomic E-state index is 10.4. The fourth-order valence-electron chi connectivity index (χ4n) is 1.62. The molecule has 1 aliphatic carbocycles. The number of rotatable bonds is 3. The lowest BCUT2D eigenvalue weighted by Gasteiger charge is -2.08. The van der Waals surface area contributed by atoms with Crippen molar-refractivity contribution in [3.8, 4) is 0 Å². The van der Waals surface area contributed by atoms with Gasteiger partial charge in [0.05, 0.1) is 0 Å². The van der Waals surface area contributed by atoms with Crippen LogP contribution in [0.5, 0.6) is 0 Å². The lowest BCUT2D eigenvalue weighted by Crippen LogP contribution is -2.20. The molecule has 2 N–H and O–H groups in total. The monoisotopic (exact) mass is 184 g/mol. The number of primary amides is 1. The third-order valence-corrected chi connectivity index (χ3v) is 2.18. The summed E-state index contributed by atoms with van der Waals surface area (Å²) in [4.78, 5) is 13.1. The summed E-state index contributed by atoms with van der Waals surface area (Å²) < 4.78 is 4.83. The van der Waals surface area contributed by atoms with Crippen molar-refractivity contribution >= 4 is 6.09 Å². The number of azide groups is 1. The van der Waals surface area contributed by atoms with Crippen LogP contribution in [0.15, 0.2) is 5.11 Å². The lowest BCUT2D eigenvalue weighted by molar-refractivity contribution is 0.108. The zero-order chi connectivity index (χ0) is 9.68. The van der Waals surface area contributed by atoms with Gasteiger partial charge in [0.25, 0.3) is 0 Å². The van der Waals surface area contributed by atoms with E-state index in [0.717, 1.165) is 19.3 Å². The summed E-state index contributed by atoms with van der Waals surface area (Å²) in [5, 5.41) is 3.48. The molecule has 6 heteroatoms. The summed E-state index contributed by atoms with van der Waals surface area (Å²) in [7, 11) is 0. The molecule has 0 spiro atoms. The van der Waals surface area contributed by atoms with Crippen molar-refractivity contribution < 1.29 is 9.53 Å². The van der Waals surface area contributed by atoms with E-state index in [1.807, 2.05) is 0 Å². The molecule has 0 aromatic rings. The molecule has 1 saturated carbocycles. The summed E-state index contributed by atoms with van der Waals surface area (Å²) in [5.74, 6) is 0.334. The smallest absolute Gasteiger partial charge is 0.404 e. The Morgan fingerprint density at radius 2 is 2.46 bits per heavy atom. The first-order valence-electron chi connectivity index (χ1n) is 4.19. The minimum Gasteiger partial charge on any atom is -0.446 e. The zero-order valence-corrected chi connectivity index (χ0v) is 7.22. The average molecular weight is 184 g/mol. The number of amides is 1. The average Bonchev–Trinajstić information content (AvgIpc) is 2.48. The van der Waals surface area contributed by atoms with E-state index in [4.69, 9.17) is 16.0 Å². The Hall–Kier alpha value is -1.42. The fourth-order valence-corrected chi connectivity index (χ4v) is 1.62. The van der Waals surface area contributed by atoms with Gasteiger partial charge in [0.15, 0.2) is 0 Å². The number of nitrogens with two attached hydrogens (primary N) is 1. The van der Waals surface area contributed by atoms with Crippen LogP contribution in [0.4, 0.5) is 4.79 Å². The summed E-state index contributed by atoms with van der Waals surface area (Å²) in [5.41, 5.74) is 13.0. The SMILES string of the molecule is [N-]=[N+]=NCC1CCC(OC(N)=O)C1. The van der Waals surface area contributed by atoms with Gasteiger partial charge in [-0.15, -0.1) is 0 Å². The minimum absolute atomic E-state index is 0.0867. The quantitative estimate of drug-likeness (QED) is 0.408. The Balaban J connectivity index is 2.27. The Bertz CT molecular complexity index is 227. The molecule has 0 radical (unpaired) electrons. The van der Waals surface area contributed by atoms with Crippen molar-refractivity contribution in [3.05, 3.63) is 10.4 Å². The molecule has 0 saturated heterocycles. The van der Waals surface area contributed by atoms with Gasteiger partial charge in [0.2, 0.25) is 0 Å². The Labute approximate surface area is 75.7 Å². The highest BCUT2D eigenvalue weighted by Crippen LogP contribution is 2.27. The summed E-state index contributed by atoms with van der Waals surface area (Å²) >= 11 is 0. The van der Waals surface area contributed by atoms with Crippen LogP contribution in [0.25, 0.3) is 10.4 Å². The molecule has 2 unspecified atom stereocenters. The molecular formula is C7H12N4O2. The maximum Gasteiger partial charge on any atom is 0.404 e. The number of carbonyl (C=O) groups excluding carboxylic acids is 1. The second kappa shape index (κ2) is 4.57. The normalized spacial score (nSPS) is 26.5. The molecule has 13 heavy (non-hydrogen) atoms. The Kier molecular flexibility index (Phi) is 3.40. The van der Waals surface area contributed by atoms with Crippen LogP contribution in [-0.2, 0) is 4.74 Å². The van der Waals surface area contributed by atoms with Gasteiger partial charge < -0.3 is 10.5 Å². The van der Waals surface area contributed by atoms with Crippen LogP contribution in [0.1, 0.15) is 19.3 Å². The molecule has 72 valence electrons. The van der Waals surface area contributed by atoms with E-state index in [9.17, 15) is 4.79 Å². The molecule has 0 heterocycles. The minimum atomic E-state index is -0.727. The molecule has 1 rings (SSSR count). The van der Waals surface area contributed by atoms with Gasteiger partial charge in [-0.2, -0.15) is 0 Å². The molecule has 1 amide bonds. The van der Waals surface area contributed by atoms with Crippen LogP contribution in [0.2, 0.25) is 0 Å². The first-order chi connectivity index (χ1) is 6.22. The van der Waals surface area contributed by atoms with E-state index in [1.165, 1.54) is 0 Å². The van der Waals surface area contributed by atoms with Crippen molar-refractivity contribution in [3.63, 3.8) is 0 Å². The molecule has 0 bridgehead atoms. The topological polar surface area (TPSA) is 101 Å². The lowest BCUT2D eigenvalue weighted by atomic mass is 10.1. The van der Waals surface area contributed by atoms with Gasteiger partial charge in [-0.05, 0) is 30.7 Å². The van der Waals surface area contributed by atoms with Crippen LogP contribution in [0.3, 0.4) is 0 Å². The van der Waals surface area contributed by atoms with Gasteiger partial charge in [0, 0.05) is 11.5 Å². The summed E-state index contributed by atoms with van der Waals surface area (Å²) in [6.07, 6.45) is 1.68. The highest BCUT2D eigenvalue weighted by atomic mass is 16.6. The van der Waals surface area contributed by atoms with Crippen molar-refractivity contribution in [2.45, 2.75) is 25.4 Å². The van der Waals surface area contributed by atoms with E-state index in [0.29, 0.717) is 12.5 Å². The van der Waals surface area contributed by atoms with Crippen molar-refractivity contribution in [1.82, 2.24) is 0 Å². The molecule has 0 aliphatic heterocycles.